The van der Waals surface area contributed by atoms with Crippen molar-refractivity contribution >= 4 is 40.0 Å². The Morgan fingerprint density at radius 1 is 1.18 bits per heavy atom. The average molecular weight is 442 g/mol. The lowest BCUT2D eigenvalue weighted by Gasteiger charge is -2.32. The van der Waals surface area contributed by atoms with Crippen LogP contribution in [0.4, 0.5) is 0 Å². The molecule has 0 bridgehead atoms. The molecule has 3 rings (SSSR count). The molecule has 0 N–H and O–H groups in total. The molecule has 1 aromatic carbocycles. The first-order chi connectivity index (χ1) is 13.6. The van der Waals surface area contributed by atoms with Gasteiger partial charge in [0.2, 0.25) is 0 Å². The summed E-state index contributed by atoms with van der Waals surface area (Å²) in [7, 11) is 0. The third-order valence-electron chi connectivity index (χ3n) is 4.94. The van der Waals surface area contributed by atoms with E-state index < -0.39 is 0 Å². The molecule has 4 nitrogen and oxygen atoms in total. The van der Waals surface area contributed by atoms with Crippen molar-refractivity contribution in [3.63, 3.8) is 0 Å². The van der Waals surface area contributed by atoms with Gasteiger partial charge in [-0.05, 0) is 56.2 Å². The van der Waals surface area contributed by atoms with Gasteiger partial charge in [0.05, 0.1) is 15.1 Å². The highest BCUT2D eigenvalue weighted by molar-refractivity contribution is 8.14. The zero-order valence-electron chi connectivity index (χ0n) is 16.4. The van der Waals surface area contributed by atoms with Gasteiger partial charge >= 0.3 is 0 Å². The minimum absolute atomic E-state index is 0.256. The fourth-order valence-electron chi connectivity index (χ4n) is 3.37. The third kappa shape index (κ3) is 6.87. The number of likely N-dealkylation sites (tertiary alicyclic amines) is 1. The first-order valence-electron chi connectivity index (χ1n) is 10.1. The number of hydrogen-bond donors (Lipinski definition) is 0. The third-order valence-corrected chi connectivity index (χ3v) is 6.85. The summed E-state index contributed by atoms with van der Waals surface area (Å²) in [6, 6.07) is 5.48. The van der Waals surface area contributed by atoms with Gasteiger partial charge in [-0.25, -0.2) is 0 Å². The number of thioether (sulfide) groups is 1. The van der Waals surface area contributed by atoms with E-state index >= 15 is 0 Å². The Bertz CT molecular complexity index is 690. The average Bonchev–Trinajstić information content (AvgIpc) is 2.71. The van der Waals surface area contributed by atoms with Gasteiger partial charge in [0.15, 0.2) is 0 Å². The van der Waals surface area contributed by atoms with Gasteiger partial charge in [0.25, 0.3) is 0 Å². The van der Waals surface area contributed by atoms with Gasteiger partial charge in [-0.1, -0.05) is 30.1 Å². The highest BCUT2D eigenvalue weighted by atomic mass is 35.5. The Balaban J connectivity index is 1.30. The molecule has 2 aliphatic rings. The van der Waals surface area contributed by atoms with Crippen LogP contribution in [0, 0.1) is 0 Å². The number of hydrogen-bond acceptors (Lipinski definition) is 5. The van der Waals surface area contributed by atoms with E-state index in [1.165, 1.54) is 11.5 Å². The summed E-state index contributed by atoms with van der Waals surface area (Å²) in [4.78, 5) is 9.48. The summed E-state index contributed by atoms with van der Waals surface area (Å²) in [5.41, 5.74) is 0. The molecule has 154 valence electrons. The maximum absolute atomic E-state index is 6.07. The lowest BCUT2D eigenvalue weighted by Crippen LogP contribution is -2.39. The molecule has 2 heterocycles. The lowest BCUT2D eigenvalue weighted by atomic mass is 10.1. The molecule has 1 aromatic rings. The molecule has 0 radical (unpaired) electrons. The summed E-state index contributed by atoms with van der Waals surface area (Å²) < 4.78 is 6.07. The van der Waals surface area contributed by atoms with E-state index in [4.69, 9.17) is 27.9 Å². The molecule has 0 aromatic heterocycles. The van der Waals surface area contributed by atoms with Crippen LogP contribution in [0.1, 0.15) is 32.6 Å². The highest BCUT2D eigenvalue weighted by Crippen LogP contribution is 2.28. The van der Waals surface area contributed by atoms with Crippen molar-refractivity contribution in [2.24, 2.45) is 4.99 Å². The second-order valence-corrected chi connectivity index (χ2v) is 9.13. The van der Waals surface area contributed by atoms with Crippen LogP contribution in [0.3, 0.4) is 0 Å². The summed E-state index contributed by atoms with van der Waals surface area (Å²) >= 11 is 13.9. The number of rotatable bonds is 8. The molecule has 1 saturated heterocycles. The van der Waals surface area contributed by atoms with E-state index in [9.17, 15) is 0 Å². The number of nitrogens with zero attached hydrogens (tertiary/aromatic N) is 3. The molecule has 0 atom stereocenters. The van der Waals surface area contributed by atoms with Crippen LogP contribution < -0.4 is 4.74 Å². The maximum Gasteiger partial charge on any atom is 0.121 e. The van der Waals surface area contributed by atoms with E-state index in [0.717, 1.165) is 63.6 Å². The second kappa shape index (κ2) is 11.3. The topological polar surface area (TPSA) is 28.1 Å². The maximum atomic E-state index is 6.07. The van der Waals surface area contributed by atoms with Crippen LogP contribution in [-0.2, 0) is 0 Å². The predicted molar refractivity (Wildman–Crippen MR) is 122 cm³/mol. The van der Waals surface area contributed by atoms with Gasteiger partial charge in [0.1, 0.15) is 18.5 Å². The Labute approximate surface area is 182 Å². The number of aliphatic imine (C=N–C) groups is 1. The molecule has 0 saturated carbocycles. The quantitative estimate of drug-likeness (QED) is 0.527. The zero-order valence-corrected chi connectivity index (χ0v) is 18.8. The Morgan fingerprint density at radius 3 is 2.68 bits per heavy atom. The van der Waals surface area contributed by atoms with E-state index in [2.05, 4.69) is 34.0 Å². The fourth-order valence-corrected chi connectivity index (χ4v) is 4.37. The monoisotopic (exact) mass is 441 g/mol. The van der Waals surface area contributed by atoms with E-state index in [-0.39, 0.29) is 6.10 Å². The standard InChI is InChI=1S/C21H29Cl2N3OS/c1-2-14-28-21-8-13-26(16-24-21)10-3-9-25-11-6-17(7-12-25)27-18-4-5-19(22)20(23)15-18/h4-5,8,13,15,17H,2-3,6-7,9-12,14,16H2,1H3. The largest absolute Gasteiger partial charge is 0.490 e. The van der Waals surface area contributed by atoms with Crippen LogP contribution in [-0.4, -0.2) is 59.5 Å². The highest BCUT2D eigenvalue weighted by Gasteiger charge is 2.20. The molecule has 0 aliphatic carbocycles. The molecule has 7 heteroatoms. The predicted octanol–water partition coefficient (Wildman–Crippen LogP) is 5.56. The molecular formula is C21H29Cl2N3OS. The van der Waals surface area contributed by atoms with Crippen molar-refractivity contribution in [3.05, 3.63) is 40.5 Å². The molecule has 0 amide bonds. The van der Waals surface area contributed by atoms with Crippen molar-refractivity contribution in [2.45, 2.75) is 38.7 Å². The molecule has 2 aliphatic heterocycles. The van der Waals surface area contributed by atoms with Gasteiger partial charge in [-0.15, -0.1) is 11.8 Å². The number of halogens is 2. The van der Waals surface area contributed by atoms with Crippen molar-refractivity contribution in [1.82, 2.24) is 9.80 Å². The van der Waals surface area contributed by atoms with Gasteiger partial charge in [0, 0.05) is 31.9 Å². The Hall–Kier alpha value is -0.880. The van der Waals surface area contributed by atoms with Crippen molar-refractivity contribution in [1.29, 1.82) is 0 Å². The normalized spacial score (nSPS) is 18.4. The number of ether oxygens (including phenoxy) is 1. The Kier molecular flexibility index (Phi) is 8.84. The van der Waals surface area contributed by atoms with E-state index in [1.54, 1.807) is 12.1 Å². The van der Waals surface area contributed by atoms with Crippen LogP contribution in [0.2, 0.25) is 10.0 Å². The zero-order chi connectivity index (χ0) is 19.8. The molecule has 0 unspecified atom stereocenters. The smallest absolute Gasteiger partial charge is 0.121 e. The van der Waals surface area contributed by atoms with Crippen molar-refractivity contribution in [2.75, 3.05) is 38.6 Å². The van der Waals surface area contributed by atoms with Gasteiger partial charge < -0.3 is 14.5 Å². The van der Waals surface area contributed by atoms with Crippen molar-refractivity contribution < 1.29 is 4.74 Å². The summed E-state index contributed by atoms with van der Waals surface area (Å²) in [6.45, 7) is 7.35. The number of benzene rings is 1. The van der Waals surface area contributed by atoms with Crippen LogP contribution in [0.25, 0.3) is 0 Å². The molecular weight excluding hydrogens is 413 g/mol. The molecule has 0 spiro atoms. The SMILES string of the molecule is CCCSC1=NCN(CCCN2CCC(Oc3ccc(Cl)c(Cl)c3)CC2)C=C1. The van der Waals surface area contributed by atoms with Gasteiger partial charge in [-0.2, -0.15) is 0 Å². The number of piperidine rings is 1. The first-order valence-corrected chi connectivity index (χ1v) is 11.8. The summed E-state index contributed by atoms with van der Waals surface area (Å²) in [5, 5.41) is 2.28. The van der Waals surface area contributed by atoms with Gasteiger partial charge in [-0.3, -0.25) is 4.99 Å². The lowest BCUT2D eigenvalue weighted by molar-refractivity contribution is 0.0986. The summed E-state index contributed by atoms with van der Waals surface area (Å²) in [5.74, 6) is 1.95. The Morgan fingerprint density at radius 2 is 2.00 bits per heavy atom. The second-order valence-electron chi connectivity index (χ2n) is 7.20. The minimum atomic E-state index is 0.256. The fraction of sp³-hybridized carbons (Fsp3) is 0.571. The van der Waals surface area contributed by atoms with Crippen LogP contribution in [0.15, 0.2) is 35.5 Å². The van der Waals surface area contributed by atoms with E-state index in [0.29, 0.717) is 10.0 Å². The molecule has 28 heavy (non-hydrogen) atoms. The summed E-state index contributed by atoms with van der Waals surface area (Å²) in [6.07, 6.45) is 9.05. The van der Waals surface area contributed by atoms with Crippen LogP contribution in [0.5, 0.6) is 5.75 Å². The minimum Gasteiger partial charge on any atom is -0.490 e. The van der Waals surface area contributed by atoms with E-state index in [1.807, 2.05) is 17.8 Å². The van der Waals surface area contributed by atoms with Crippen LogP contribution >= 0.6 is 35.0 Å². The van der Waals surface area contributed by atoms with Crippen molar-refractivity contribution in [3.8, 4) is 5.75 Å². The first kappa shape index (κ1) is 21.8. The molecule has 1 fully saturated rings.